The van der Waals surface area contributed by atoms with E-state index in [1.165, 1.54) is 74.3 Å². The third-order valence-electron chi connectivity index (χ3n) is 3.87. The largest absolute Gasteiger partial charge is 1.00 e. The Morgan fingerprint density at radius 1 is 0.625 bits per heavy atom. The molecule has 2 aliphatic rings. The number of quaternary nitrogens is 2. The molecule has 0 spiro atoms. The van der Waals surface area contributed by atoms with Gasteiger partial charge < -0.3 is 34.0 Å². The van der Waals surface area contributed by atoms with E-state index in [1.54, 1.807) is 0 Å². The fraction of sp³-hybridized carbons (Fsp3) is 0.667. The van der Waals surface area contributed by atoms with Crippen molar-refractivity contribution in [2.24, 2.45) is 9.98 Å². The van der Waals surface area contributed by atoms with Gasteiger partial charge >= 0.3 is 0 Å². The quantitative estimate of drug-likeness (QED) is 0.308. The van der Waals surface area contributed by atoms with Crippen LogP contribution in [0.4, 0.5) is 0 Å². The van der Waals surface area contributed by atoms with E-state index in [-0.39, 0.29) is 34.0 Å². The highest BCUT2D eigenvalue weighted by Crippen LogP contribution is 1.96. The van der Waals surface area contributed by atoms with Crippen molar-refractivity contribution in [3.05, 3.63) is 24.8 Å². The van der Waals surface area contributed by atoms with Gasteiger partial charge in [0.25, 0.3) is 0 Å². The van der Waals surface area contributed by atoms with Gasteiger partial charge in [0.15, 0.2) is 12.7 Å². The Morgan fingerprint density at radius 2 is 1.04 bits per heavy atom. The molecule has 0 bridgehead atoms. The van der Waals surface area contributed by atoms with E-state index in [0.717, 1.165) is 0 Å². The third kappa shape index (κ3) is 14.1. The molecule has 6 heteroatoms. The summed E-state index contributed by atoms with van der Waals surface area (Å²) in [4.78, 5) is 10.8. The van der Waals surface area contributed by atoms with Crippen LogP contribution in [0.25, 0.3) is 0 Å². The van der Waals surface area contributed by atoms with Crippen molar-refractivity contribution in [1.82, 2.24) is 0 Å². The molecule has 24 heavy (non-hydrogen) atoms. The summed E-state index contributed by atoms with van der Waals surface area (Å²) in [6.07, 6.45) is 22.6. The molecular formula is C18H34Br2N4. The topological polar surface area (TPSA) is 33.6 Å². The smallest absolute Gasteiger partial charge is 0.193 e. The number of hydrogen-bond donors (Lipinski definition) is 2. The first kappa shape index (κ1) is 25.9. The fourth-order valence-corrected chi connectivity index (χ4v) is 2.45. The van der Waals surface area contributed by atoms with Crippen LogP contribution in [0, 0.1) is 0 Å². The number of rotatable bonds is 10. The van der Waals surface area contributed by atoms with Crippen molar-refractivity contribution >= 4 is 12.7 Å². The van der Waals surface area contributed by atoms with Crippen molar-refractivity contribution in [2.75, 3.05) is 13.1 Å². The Labute approximate surface area is 169 Å². The molecule has 140 valence electrons. The number of halogens is 2. The van der Waals surface area contributed by atoms with Crippen LogP contribution in [0.5, 0.6) is 0 Å². The van der Waals surface area contributed by atoms with Gasteiger partial charge in [0.05, 0.1) is 25.5 Å². The number of nitrogens with zero attached hydrogens (tertiary/aromatic N) is 2. The van der Waals surface area contributed by atoms with Crippen LogP contribution in [-0.2, 0) is 0 Å². The van der Waals surface area contributed by atoms with Gasteiger partial charge in [-0.15, -0.1) is 0 Å². The summed E-state index contributed by atoms with van der Waals surface area (Å²) < 4.78 is 0. The minimum Gasteiger partial charge on any atom is -1.00 e. The lowest BCUT2D eigenvalue weighted by atomic mass is 10.2. The molecule has 4 nitrogen and oxygen atoms in total. The van der Waals surface area contributed by atoms with Crippen molar-refractivity contribution in [3.63, 3.8) is 0 Å². The molecule has 0 aromatic carbocycles. The van der Waals surface area contributed by atoms with E-state index in [1.807, 2.05) is 25.1 Å². The maximum absolute atomic E-state index is 4.02. The molecule has 2 aliphatic heterocycles. The van der Waals surface area contributed by atoms with Crippen LogP contribution in [-0.4, -0.2) is 25.8 Å². The highest BCUT2D eigenvalue weighted by molar-refractivity contribution is 5.47. The monoisotopic (exact) mass is 464 g/mol. The molecule has 2 heterocycles. The summed E-state index contributed by atoms with van der Waals surface area (Å²) in [5.74, 6) is 0. The average molecular weight is 466 g/mol. The van der Waals surface area contributed by atoms with E-state index in [9.17, 15) is 0 Å². The van der Waals surface area contributed by atoms with Crippen LogP contribution in [0.3, 0.4) is 0 Å². The second kappa shape index (κ2) is 19.0. The highest BCUT2D eigenvalue weighted by Gasteiger charge is 2.04. The molecule has 0 aromatic rings. The number of aliphatic imine (C=N–C) groups is 2. The van der Waals surface area contributed by atoms with Crippen molar-refractivity contribution in [1.29, 1.82) is 0 Å². The van der Waals surface area contributed by atoms with Gasteiger partial charge in [-0.3, -0.25) is 9.80 Å². The maximum atomic E-state index is 4.02. The molecule has 2 N–H and O–H groups in total. The van der Waals surface area contributed by atoms with Gasteiger partial charge in [-0.1, -0.05) is 39.5 Å². The maximum Gasteiger partial charge on any atom is 0.193 e. The molecule has 0 saturated heterocycles. The fourth-order valence-electron chi connectivity index (χ4n) is 2.45. The van der Waals surface area contributed by atoms with Gasteiger partial charge in [-0.25, -0.2) is 9.98 Å². The minimum atomic E-state index is 0. The predicted molar refractivity (Wildman–Crippen MR) is 95.2 cm³/mol. The van der Waals surface area contributed by atoms with Crippen molar-refractivity contribution in [2.45, 2.75) is 65.2 Å². The van der Waals surface area contributed by atoms with Crippen molar-refractivity contribution < 1.29 is 43.8 Å². The summed E-state index contributed by atoms with van der Waals surface area (Å²) in [6.45, 7) is 6.90. The van der Waals surface area contributed by atoms with E-state index < -0.39 is 0 Å². The van der Waals surface area contributed by atoms with E-state index in [0.29, 0.717) is 0 Å². The van der Waals surface area contributed by atoms with Crippen molar-refractivity contribution in [3.8, 4) is 0 Å². The zero-order chi connectivity index (χ0) is 15.9. The Balaban J connectivity index is 0. The number of hydrogen-bond acceptors (Lipinski definition) is 2. The van der Waals surface area contributed by atoms with E-state index in [4.69, 9.17) is 0 Å². The normalized spacial score (nSPS) is 19.6. The Hall–Kier alpha value is -0.300. The Morgan fingerprint density at radius 3 is 1.33 bits per heavy atom. The molecule has 0 fully saturated rings. The number of unbranched alkanes of at least 4 members (excludes halogenated alkanes) is 6. The summed E-state index contributed by atoms with van der Waals surface area (Å²) in [5, 5.41) is 0. The molecule has 2 unspecified atom stereocenters. The second-order valence-electron chi connectivity index (χ2n) is 5.96. The summed E-state index contributed by atoms with van der Waals surface area (Å²) >= 11 is 0. The first-order chi connectivity index (χ1) is 10.9. The van der Waals surface area contributed by atoms with Crippen LogP contribution in [0.2, 0.25) is 0 Å². The minimum absolute atomic E-state index is 0. The van der Waals surface area contributed by atoms with Gasteiger partial charge in [0.2, 0.25) is 0 Å². The molecule has 2 rings (SSSR count). The predicted octanol–water partition coefficient (Wildman–Crippen LogP) is -4.06. The lowest BCUT2D eigenvalue weighted by molar-refractivity contribution is -0.736. The summed E-state index contributed by atoms with van der Waals surface area (Å²) in [5.41, 5.74) is 0. The SMILES string of the molecule is CCCCCC[NH+]1C=CN=C1.CCCCCC[NH+]1C=CN=C1.[Br-].[Br-]. The van der Waals surface area contributed by atoms with Crippen LogP contribution in [0.15, 0.2) is 34.8 Å². The first-order valence-corrected chi connectivity index (χ1v) is 8.98. The molecule has 0 radical (unpaired) electrons. The van der Waals surface area contributed by atoms with Crippen LogP contribution < -0.4 is 43.8 Å². The summed E-state index contributed by atoms with van der Waals surface area (Å²) in [7, 11) is 0. The molecule has 2 atom stereocenters. The van der Waals surface area contributed by atoms with Crippen LogP contribution in [0.1, 0.15) is 65.2 Å². The van der Waals surface area contributed by atoms with Crippen LogP contribution >= 0.6 is 0 Å². The third-order valence-corrected chi connectivity index (χ3v) is 3.87. The van der Waals surface area contributed by atoms with Gasteiger partial charge in [-0.2, -0.15) is 0 Å². The molecule has 0 aromatic heterocycles. The Kier molecular flexibility index (Phi) is 20.6. The molecule has 0 amide bonds. The highest BCUT2D eigenvalue weighted by atomic mass is 79.9. The summed E-state index contributed by atoms with van der Waals surface area (Å²) in [6, 6.07) is 0. The lowest BCUT2D eigenvalue weighted by Crippen LogP contribution is -3.05. The molecule has 0 saturated carbocycles. The standard InChI is InChI=1S/2C9H16N2.2BrH/c2*1-2-3-4-5-7-11-8-6-10-9-11;;/h2*6,8-9H,2-5,7H2,1H3;2*1H. The van der Waals surface area contributed by atoms with E-state index >= 15 is 0 Å². The zero-order valence-corrected chi connectivity index (χ0v) is 18.4. The van der Waals surface area contributed by atoms with E-state index in [2.05, 4.69) is 36.2 Å². The molecular weight excluding hydrogens is 432 g/mol. The number of nitrogens with one attached hydrogen (secondary N) is 2. The Bertz CT molecular complexity index is 321. The molecule has 0 aliphatic carbocycles. The second-order valence-corrected chi connectivity index (χ2v) is 5.96. The first-order valence-electron chi connectivity index (χ1n) is 8.98. The average Bonchev–Trinajstić information content (AvgIpc) is 3.22. The zero-order valence-electron chi connectivity index (χ0n) is 15.2. The lowest BCUT2D eigenvalue weighted by Gasteiger charge is -2.03. The van der Waals surface area contributed by atoms with Gasteiger partial charge in [-0.05, 0) is 25.7 Å². The van der Waals surface area contributed by atoms with Gasteiger partial charge in [0, 0.05) is 0 Å². The van der Waals surface area contributed by atoms with Gasteiger partial charge in [0.1, 0.15) is 12.4 Å².